The molecule has 0 radical (unpaired) electrons. The average molecular weight is 460 g/mol. The molecule has 2 aliphatic heterocycles. The fourth-order valence-corrected chi connectivity index (χ4v) is 5.95. The molecule has 6 rings (SSSR count). The molecule has 1 saturated carbocycles. The zero-order valence-electron chi connectivity index (χ0n) is 18.2. The summed E-state index contributed by atoms with van der Waals surface area (Å²) >= 11 is 1.28. The number of aromatic hydroxyl groups is 1. The predicted octanol–water partition coefficient (Wildman–Crippen LogP) is 3.88. The first-order valence-corrected chi connectivity index (χ1v) is 12.5. The number of hydrogen-bond donors (Lipinski definition) is 2. The van der Waals surface area contributed by atoms with Crippen molar-refractivity contribution >= 4 is 17.2 Å². The Morgan fingerprint density at radius 3 is 2.55 bits per heavy atom. The summed E-state index contributed by atoms with van der Waals surface area (Å²) in [7, 11) is 0. The van der Waals surface area contributed by atoms with Gasteiger partial charge in [0.15, 0.2) is 16.6 Å². The monoisotopic (exact) mass is 459 g/mol. The van der Waals surface area contributed by atoms with Crippen molar-refractivity contribution in [1.29, 1.82) is 5.26 Å². The van der Waals surface area contributed by atoms with Gasteiger partial charge in [-0.25, -0.2) is 9.97 Å². The van der Waals surface area contributed by atoms with Crippen molar-refractivity contribution in [3.8, 4) is 34.5 Å². The minimum absolute atomic E-state index is 0.0683. The molecule has 168 valence electrons. The maximum atomic E-state index is 10.6. The quantitative estimate of drug-likeness (QED) is 0.591. The lowest BCUT2D eigenvalue weighted by atomic mass is 9.83. The lowest BCUT2D eigenvalue weighted by molar-refractivity contribution is 0.215. The van der Waals surface area contributed by atoms with Gasteiger partial charge in [-0.2, -0.15) is 5.26 Å². The number of fused-ring (bicyclic) bond motifs is 2. The number of phenols is 1. The van der Waals surface area contributed by atoms with Crippen molar-refractivity contribution in [2.24, 2.45) is 0 Å². The van der Waals surface area contributed by atoms with Gasteiger partial charge in [-0.3, -0.25) is 0 Å². The number of aromatic nitrogens is 4. The normalized spacial score (nSPS) is 24.3. The van der Waals surface area contributed by atoms with E-state index in [2.05, 4.69) is 30.4 Å². The second-order valence-electron chi connectivity index (χ2n) is 9.28. The Hall–Kier alpha value is -3.09. The van der Waals surface area contributed by atoms with E-state index in [1.807, 2.05) is 18.3 Å². The van der Waals surface area contributed by atoms with Gasteiger partial charge in [-0.1, -0.05) is 12.5 Å². The molecule has 4 heterocycles. The van der Waals surface area contributed by atoms with E-state index in [-0.39, 0.29) is 5.75 Å². The van der Waals surface area contributed by atoms with E-state index in [0.29, 0.717) is 46.3 Å². The van der Waals surface area contributed by atoms with Crippen LogP contribution in [0, 0.1) is 11.3 Å². The third kappa shape index (κ3) is 4.05. The number of anilines is 1. The molecule has 0 amide bonds. The number of thiazole rings is 1. The third-order valence-electron chi connectivity index (χ3n) is 6.97. The first-order valence-electron chi connectivity index (χ1n) is 11.6. The van der Waals surface area contributed by atoms with Crippen LogP contribution in [0.25, 0.3) is 22.6 Å². The Bertz CT molecular complexity index is 1190. The summed E-state index contributed by atoms with van der Waals surface area (Å²) in [5.41, 5.74) is 1.94. The third-order valence-corrected chi connectivity index (χ3v) is 7.72. The molecule has 3 aromatic rings. The number of benzene rings is 1. The SMILES string of the molecule is N#Cc1nc(-c2ccc(-c3ncc(N(C4CC4)C4C[C@H]5CCC[C@@H](C4)N5)nn3)c(O)c2)cs1. The van der Waals surface area contributed by atoms with Gasteiger partial charge in [0, 0.05) is 35.1 Å². The fraction of sp³-hybridized carbons (Fsp3) is 0.458. The Morgan fingerprint density at radius 2 is 1.91 bits per heavy atom. The molecule has 2 N–H and O–H groups in total. The maximum Gasteiger partial charge on any atom is 0.194 e. The van der Waals surface area contributed by atoms with E-state index < -0.39 is 0 Å². The standard InChI is InChI=1S/C24H25N7OS/c25-11-23-28-20(13-33-23)14-4-7-19(21(32)8-14)24-26-12-22(29-30-24)31(17-5-6-17)18-9-15-2-1-3-16(10-18)27-15/h4,7-8,12-13,15-18,27,32H,1-3,5-6,9-10H2/t15-,16+,18?. The molecule has 3 fully saturated rings. The molecule has 1 aliphatic carbocycles. The van der Waals surface area contributed by atoms with Crippen LogP contribution in [0.3, 0.4) is 0 Å². The molecule has 2 saturated heterocycles. The molecular weight excluding hydrogens is 434 g/mol. The highest BCUT2D eigenvalue weighted by atomic mass is 32.1. The van der Waals surface area contributed by atoms with Crippen LogP contribution in [0.4, 0.5) is 5.82 Å². The smallest absolute Gasteiger partial charge is 0.194 e. The Morgan fingerprint density at radius 1 is 1.09 bits per heavy atom. The van der Waals surface area contributed by atoms with Crippen LogP contribution < -0.4 is 10.2 Å². The molecule has 33 heavy (non-hydrogen) atoms. The summed E-state index contributed by atoms with van der Waals surface area (Å²) in [5, 5.41) is 34.6. The number of hydrogen-bond acceptors (Lipinski definition) is 9. The second-order valence-corrected chi connectivity index (χ2v) is 10.1. The average Bonchev–Trinajstić information content (AvgIpc) is 3.54. The van der Waals surface area contributed by atoms with Crippen LogP contribution in [0.5, 0.6) is 5.75 Å². The Labute approximate surface area is 196 Å². The molecule has 3 aliphatic rings. The number of phenolic OH excluding ortho intramolecular Hbond substituents is 1. The van der Waals surface area contributed by atoms with E-state index >= 15 is 0 Å². The van der Waals surface area contributed by atoms with Crippen LogP contribution in [0.1, 0.15) is 50.0 Å². The summed E-state index contributed by atoms with van der Waals surface area (Å²) in [6.07, 6.45) is 10.4. The molecule has 3 atom stereocenters. The lowest BCUT2D eigenvalue weighted by Crippen LogP contribution is -2.55. The zero-order chi connectivity index (χ0) is 22.4. The van der Waals surface area contributed by atoms with Crippen LogP contribution in [0.15, 0.2) is 29.8 Å². The summed E-state index contributed by atoms with van der Waals surface area (Å²) in [4.78, 5) is 11.3. The number of nitrogens with zero attached hydrogens (tertiary/aromatic N) is 6. The van der Waals surface area contributed by atoms with Gasteiger partial charge in [0.2, 0.25) is 0 Å². The molecule has 1 unspecified atom stereocenters. The minimum atomic E-state index is 0.0683. The number of piperidine rings is 2. The topological polar surface area (TPSA) is 111 Å². The highest BCUT2D eigenvalue weighted by Gasteiger charge is 2.40. The summed E-state index contributed by atoms with van der Waals surface area (Å²) in [6, 6.07) is 9.56. The predicted molar refractivity (Wildman–Crippen MR) is 126 cm³/mol. The Balaban J connectivity index is 1.24. The van der Waals surface area contributed by atoms with Crippen molar-refractivity contribution in [3.05, 3.63) is 34.8 Å². The second kappa shape index (κ2) is 8.36. The molecular formula is C24H25N7OS. The Kier molecular flexibility index (Phi) is 5.19. The van der Waals surface area contributed by atoms with Crippen molar-refractivity contribution in [2.75, 3.05) is 4.90 Å². The van der Waals surface area contributed by atoms with E-state index in [0.717, 1.165) is 24.2 Å². The molecule has 0 spiro atoms. The molecule has 2 bridgehead atoms. The summed E-state index contributed by atoms with van der Waals surface area (Å²) < 4.78 is 0. The number of nitriles is 1. The van der Waals surface area contributed by atoms with Gasteiger partial charge in [0.1, 0.15) is 11.8 Å². The van der Waals surface area contributed by atoms with Crippen molar-refractivity contribution in [1.82, 2.24) is 25.5 Å². The molecule has 8 nitrogen and oxygen atoms in total. The van der Waals surface area contributed by atoms with Crippen molar-refractivity contribution in [3.63, 3.8) is 0 Å². The first-order chi connectivity index (χ1) is 16.2. The molecule has 2 aromatic heterocycles. The van der Waals surface area contributed by atoms with Gasteiger partial charge in [-0.15, -0.1) is 21.5 Å². The summed E-state index contributed by atoms with van der Waals surface area (Å²) in [5.74, 6) is 1.31. The van der Waals surface area contributed by atoms with Gasteiger partial charge >= 0.3 is 0 Å². The van der Waals surface area contributed by atoms with Crippen LogP contribution in [-0.2, 0) is 0 Å². The zero-order valence-corrected chi connectivity index (χ0v) is 19.0. The summed E-state index contributed by atoms with van der Waals surface area (Å²) in [6.45, 7) is 0. The molecule has 9 heteroatoms. The van der Waals surface area contributed by atoms with Crippen LogP contribution in [-0.4, -0.2) is 49.4 Å². The largest absolute Gasteiger partial charge is 0.507 e. The van der Waals surface area contributed by atoms with Crippen LogP contribution in [0.2, 0.25) is 0 Å². The first kappa shape index (κ1) is 20.5. The highest BCUT2D eigenvalue weighted by molar-refractivity contribution is 7.10. The van der Waals surface area contributed by atoms with Crippen molar-refractivity contribution < 1.29 is 5.11 Å². The van der Waals surface area contributed by atoms with Crippen LogP contribution >= 0.6 is 11.3 Å². The maximum absolute atomic E-state index is 10.6. The van der Waals surface area contributed by atoms with Gasteiger partial charge in [0.05, 0.1) is 17.5 Å². The van der Waals surface area contributed by atoms with Gasteiger partial charge in [-0.05, 0) is 50.7 Å². The van der Waals surface area contributed by atoms with E-state index in [9.17, 15) is 5.11 Å². The van der Waals surface area contributed by atoms with Crippen molar-refractivity contribution in [2.45, 2.75) is 69.1 Å². The number of nitrogens with one attached hydrogen (secondary N) is 1. The van der Waals surface area contributed by atoms with Gasteiger partial charge < -0.3 is 15.3 Å². The van der Waals surface area contributed by atoms with E-state index in [4.69, 9.17) is 5.26 Å². The fourth-order valence-electron chi connectivity index (χ4n) is 5.34. The molecule has 1 aromatic carbocycles. The van der Waals surface area contributed by atoms with E-state index in [1.165, 1.54) is 43.4 Å². The lowest BCUT2D eigenvalue weighted by Gasteiger charge is -2.45. The van der Waals surface area contributed by atoms with E-state index in [1.54, 1.807) is 17.5 Å². The minimum Gasteiger partial charge on any atom is -0.507 e. The highest BCUT2D eigenvalue weighted by Crippen LogP contribution is 2.38. The number of rotatable bonds is 5. The van der Waals surface area contributed by atoms with Gasteiger partial charge in [0.25, 0.3) is 0 Å².